The molecule has 1 heterocycles. The minimum Gasteiger partial charge on any atom is -0.235 e. The van der Waals surface area contributed by atoms with Gasteiger partial charge in [0.05, 0.1) is 0 Å². The fraction of sp³-hybridized carbons (Fsp3) is 0.273. The van der Waals surface area contributed by atoms with Crippen molar-refractivity contribution in [1.29, 1.82) is 0 Å². The highest BCUT2D eigenvalue weighted by atomic mass is 79.9. The van der Waals surface area contributed by atoms with Crippen LogP contribution in [0.1, 0.15) is 5.56 Å². The Kier molecular flexibility index (Phi) is 4.51. The highest BCUT2D eigenvalue weighted by Gasteiger charge is 2.23. The molecule has 0 unspecified atom stereocenters. The number of rotatable bonds is 5. The minimum absolute atomic E-state index is 0.0639. The van der Waals surface area contributed by atoms with Gasteiger partial charge in [-0.05, 0) is 34.0 Å². The molecule has 0 aliphatic carbocycles. The van der Waals surface area contributed by atoms with Crippen molar-refractivity contribution in [2.24, 2.45) is 7.05 Å². The summed E-state index contributed by atoms with van der Waals surface area (Å²) in [5, 5.41) is 7.15. The summed E-state index contributed by atoms with van der Waals surface area (Å²) in [6.45, 7) is 0.0842. The Morgan fingerprint density at radius 3 is 2.70 bits per heavy atom. The molecule has 0 fully saturated rings. The molecule has 0 saturated carbocycles. The Balaban J connectivity index is 2.06. The number of nitrogens with zero attached hydrogens (tertiary/aromatic N) is 3. The molecule has 0 aliphatic rings. The zero-order valence-corrected chi connectivity index (χ0v) is 12.9. The third-order valence-electron chi connectivity index (χ3n) is 2.64. The van der Waals surface area contributed by atoms with E-state index in [0.717, 1.165) is 4.68 Å². The lowest BCUT2D eigenvalue weighted by atomic mass is 10.1. The number of aromatic nitrogens is 3. The summed E-state index contributed by atoms with van der Waals surface area (Å²) in [5.74, 6) is -0.352. The highest BCUT2D eigenvalue weighted by molar-refractivity contribution is 9.10. The first-order valence-corrected chi connectivity index (χ1v) is 7.97. The van der Waals surface area contributed by atoms with E-state index in [1.165, 1.54) is 13.1 Å². The number of aryl methyl sites for hydroxylation is 1. The Labute approximate surface area is 124 Å². The van der Waals surface area contributed by atoms with E-state index in [1.807, 2.05) is 0 Å². The maximum Gasteiger partial charge on any atom is 0.260 e. The second-order valence-corrected chi connectivity index (χ2v) is 6.48. The average molecular weight is 363 g/mol. The van der Waals surface area contributed by atoms with Gasteiger partial charge in [0.1, 0.15) is 5.82 Å². The van der Waals surface area contributed by atoms with Gasteiger partial charge in [0.25, 0.3) is 10.0 Å². The monoisotopic (exact) mass is 362 g/mol. The molecule has 1 aromatic heterocycles. The Morgan fingerprint density at radius 1 is 1.40 bits per heavy atom. The zero-order chi connectivity index (χ0) is 14.8. The smallest absolute Gasteiger partial charge is 0.235 e. The van der Waals surface area contributed by atoms with Gasteiger partial charge in [-0.1, -0.05) is 23.4 Å². The highest BCUT2D eigenvalue weighted by Crippen LogP contribution is 2.17. The van der Waals surface area contributed by atoms with Crippen molar-refractivity contribution in [2.45, 2.75) is 11.4 Å². The predicted octanol–water partition coefficient (Wildman–Crippen LogP) is 1.24. The van der Waals surface area contributed by atoms with E-state index in [4.69, 9.17) is 0 Å². The quantitative estimate of drug-likeness (QED) is 0.867. The zero-order valence-electron chi connectivity index (χ0n) is 10.5. The molecule has 0 aliphatic heterocycles. The molecule has 0 radical (unpaired) electrons. The topological polar surface area (TPSA) is 76.9 Å². The summed E-state index contributed by atoms with van der Waals surface area (Å²) >= 11 is 3.03. The molecule has 9 heteroatoms. The van der Waals surface area contributed by atoms with Crippen LogP contribution < -0.4 is 4.72 Å². The molecular weight excluding hydrogens is 351 g/mol. The van der Waals surface area contributed by atoms with Crippen LogP contribution in [0, 0.1) is 5.82 Å². The van der Waals surface area contributed by atoms with E-state index in [1.54, 1.807) is 18.2 Å². The van der Waals surface area contributed by atoms with E-state index >= 15 is 0 Å². The van der Waals surface area contributed by atoms with Crippen molar-refractivity contribution < 1.29 is 12.8 Å². The molecule has 1 aromatic carbocycles. The lowest BCUT2D eigenvalue weighted by Crippen LogP contribution is -2.28. The van der Waals surface area contributed by atoms with Gasteiger partial charge >= 0.3 is 0 Å². The fourth-order valence-electron chi connectivity index (χ4n) is 1.70. The molecule has 0 atom stereocenters. The van der Waals surface area contributed by atoms with Gasteiger partial charge in [-0.2, -0.15) is 0 Å². The van der Waals surface area contributed by atoms with Crippen molar-refractivity contribution in [1.82, 2.24) is 19.7 Å². The molecule has 0 bridgehead atoms. The van der Waals surface area contributed by atoms with Crippen molar-refractivity contribution in [3.05, 3.63) is 40.2 Å². The normalized spacial score (nSPS) is 11.8. The molecule has 20 heavy (non-hydrogen) atoms. The number of hydrogen-bond acceptors (Lipinski definition) is 4. The molecule has 0 saturated heterocycles. The summed E-state index contributed by atoms with van der Waals surface area (Å²) < 4.78 is 41.2. The van der Waals surface area contributed by atoms with Gasteiger partial charge < -0.3 is 0 Å². The van der Waals surface area contributed by atoms with E-state index in [9.17, 15) is 12.8 Å². The van der Waals surface area contributed by atoms with Crippen LogP contribution >= 0.6 is 15.9 Å². The summed E-state index contributed by atoms with van der Waals surface area (Å²) in [6.07, 6.45) is 0.259. The molecule has 0 spiro atoms. The Hall–Kier alpha value is -1.32. The number of sulfonamides is 1. The molecule has 0 amide bonds. The first-order chi connectivity index (χ1) is 9.42. The molecule has 108 valence electrons. The van der Waals surface area contributed by atoms with Crippen LogP contribution in [0.4, 0.5) is 4.39 Å². The third-order valence-corrected chi connectivity index (χ3v) is 4.98. The van der Waals surface area contributed by atoms with Crippen molar-refractivity contribution >= 4 is 26.0 Å². The lowest BCUT2D eigenvalue weighted by Gasteiger charge is -2.07. The number of nitrogens with one attached hydrogen (secondary N) is 1. The Bertz CT molecular complexity index is 697. The minimum atomic E-state index is -3.74. The van der Waals surface area contributed by atoms with E-state index in [-0.39, 0.29) is 28.4 Å². The molecule has 2 aromatic rings. The summed E-state index contributed by atoms with van der Waals surface area (Å²) in [7, 11) is -2.27. The van der Waals surface area contributed by atoms with Crippen LogP contribution in [0.15, 0.2) is 33.9 Å². The number of halogens is 2. The van der Waals surface area contributed by atoms with Crippen LogP contribution in [0.25, 0.3) is 0 Å². The van der Waals surface area contributed by atoms with E-state index in [2.05, 4.69) is 31.0 Å². The fourth-order valence-corrected chi connectivity index (χ4v) is 3.82. The van der Waals surface area contributed by atoms with Crippen LogP contribution in [0.3, 0.4) is 0 Å². The lowest BCUT2D eigenvalue weighted by molar-refractivity contribution is 0.558. The molecule has 6 nitrogen and oxygen atoms in total. The summed E-state index contributed by atoms with van der Waals surface area (Å²) in [6, 6.07) is 6.24. The maximum atomic E-state index is 13.4. The van der Waals surface area contributed by atoms with Gasteiger partial charge in [-0.25, -0.2) is 22.2 Å². The second kappa shape index (κ2) is 5.98. The second-order valence-electron chi connectivity index (χ2n) is 4.05. The predicted molar refractivity (Wildman–Crippen MR) is 74.0 cm³/mol. The van der Waals surface area contributed by atoms with Crippen LogP contribution in [0.5, 0.6) is 0 Å². The number of benzene rings is 1. The van der Waals surface area contributed by atoms with Crippen molar-refractivity contribution in [3.63, 3.8) is 0 Å². The molecule has 2 rings (SSSR count). The summed E-state index contributed by atoms with van der Waals surface area (Å²) in [4.78, 5) is 0. The van der Waals surface area contributed by atoms with Gasteiger partial charge in [0.2, 0.25) is 5.03 Å². The first kappa shape index (κ1) is 15.1. The average Bonchev–Trinajstić information content (AvgIpc) is 2.72. The maximum absolute atomic E-state index is 13.4. The largest absolute Gasteiger partial charge is 0.260 e. The van der Waals surface area contributed by atoms with Crippen molar-refractivity contribution in [3.8, 4) is 0 Å². The van der Waals surface area contributed by atoms with E-state index in [0.29, 0.717) is 5.56 Å². The van der Waals surface area contributed by atoms with Gasteiger partial charge in [-0.15, -0.1) is 5.10 Å². The van der Waals surface area contributed by atoms with E-state index < -0.39 is 10.0 Å². The van der Waals surface area contributed by atoms with Gasteiger partial charge in [-0.3, -0.25) is 0 Å². The van der Waals surface area contributed by atoms with Crippen LogP contribution in [0.2, 0.25) is 0 Å². The van der Waals surface area contributed by atoms with Gasteiger partial charge in [0.15, 0.2) is 4.60 Å². The Morgan fingerprint density at radius 2 is 2.10 bits per heavy atom. The SMILES string of the molecule is Cn1nnc(Br)c1S(=O)(=O)NCCc1ccccc1F. The standard InChI is InChI=1S/C11H12BrFN4O2S/c1-17-11(10(12)15-16-17)20(18,19)14-7-6-8-4-2-3-5-9(8)13/h2-5,14H,6-7H2,1H3. The molecule has 1 N–H and O–H groups in total. The third kappa shape index (κ3) is 3.22. The first-order valence-electron chi connectivity index (χ1n) is 5.70. The van der Waals surface area contributed by atoms with Crippen molar-refractivity contribution in [2.75, 3.05) is 6.54 Å². The van der Waals surface area contributed by atoms with Crippen LogP contribution in [-0.4, -0.2) is 30.0 Å². The number of hydrogen-bond donors (Lipinski definition) is 1. The van der Waals surface area contributed by atoms with Crippen LogP contribution in [-0.2, 0) is 23.5 Å². The van der Waals surface area contributed by atoms with Gasteiger partial charge in [0, 0.05) is 13.6 Å². The summed E-state index contributed by atoms with van der Waals surface area (Å²) in [5.41, 5.74) is 0.456. The molecular formula is C11H12BrFN4O2S.